The number of unbranched alkanes of at least 4 members (excludes halogenated alkanes) is 1. The topological polar surface area (TPSA) is 110 Å². The van der Waals surface area contributed by atoms with Gasteiger partial charge in [0.2, 0.25) is 0 Å². The van der Waals surface area contributed by atoms with E-state index in [1.807, 2.05) is 46.8 Å². The molecule has 32 heavy (non-hydrogen) atoms. The molecule has 3 heterocycles. The number of aromatic amines is 1. The quantitative estimate of drug-likeness (QED) is 0.545. The Hall–Kier alpha value is -2.72. The van der Waals surface area contributed by atoms with Crippen LogP contribution in [0.25, 0.3) is 11.2 Å². The molecule has 0 aliphatic carbocycles. The van der Waals surface area contributed by atoms with Crippen LogP contribution in [0.3, 0.4) is 0 Å². The van der Waals surface area contributed by atoms with Crippen LogP contribution in [0.1, 0.15) is 37.6 Å². The Morgan fingerprint density at radius 2 is 1.94 bits per heavy atom. The molecule has 0 bridgehead atoms. The lowest BCUT2D eigenvalue weighted by atomic mass is 10.2. The monoisotopic (exact) mass is 459 g/mol. The normalized spacial score (nSPS) is 18.0. The summed E-state index contributed by atoms with van der Waals surface area (Å²) in [7, 11) is -1.12. The summed E-state index contributed by atoms with van der Waals surface area (Å²) in [5.74, 6) is 1.00. The third kappa shape index (κ3) is 4.56. The Kier molecular flexibility index (Phi) is 6.34. The number of fused-ring (bicyclic) bond motifs is 1. The van der Waals surface area contributed by atoms with Crippen LogP contribution in [0.2, 0.25) is 0 Å². The second-order valence-electron chi connectivity index (χ2n) is 8.51. The van der Waals surface area contributed by atoms with Crippen molar-refractivity contribution in [3.8, 4) is 0 Å². The van der Waals surface area contributed by atoms with Crippen LogP contribution in [0.5, 0.6) is 0 Å². The summed E-state index contributed by atoms with van der Waals surface area (Å²) in [4.78, 5) is 34.7. The number of aromatic nitrogens is 4. The van der Waals surface area contributed by atoms with Crippen molar-refractivity contribution in [3.63, 3.8) is 0 Å². The highest BCUT2D eigenvalue weighted by Crippen LogP contribution is 2.20. The van der Waals surface area contributed by atoms with Crippen molar-refractivity contribution in [2.75, 3.05) is 18.6 Å². The molecule has 172 valence electrons. The lowest BCUT2D eigenvalue weighted by molar-refractivity contribution is 0.244. The first kappa shape index (κ1) is 22.5. The second kappa shape index (κ2) is 9.03. The van der Waals surface area contributed by atoms with Gasteiger partial charge in [0.05, 0.1) is 24.6 Å². The van der Waals surface area contributed by atoms with Crippen molar-refractivity contribution in [1.29, 1.82) is 0 Å². The number of hydrogen-bond acceptors (Lipinski definition) is 6. The molecule has 4 rings (SSSR count). The molecule has 3 aromatic rings. The van der Waals surface area contributed by atoms with Crippen LogP contribution in [0.4, 0.5) is 0 Å². The third-order valence-corrected chi connectivity index (χ3v) is 7.86. The summed E-state index contributed by atoms with van der Waals surface area (Å²) in [5, 5.41) is 0. The lowest BCUT2D eigenvalue weighted by Gasteiger charge is -2.23. The van der Waals surface area contributed by atoms with E-state index in [1.54, 1.807) is 0 Å². The molecule has 10 heteroatoms. The van der Waals surface area contributed by atoms with Gasteiger partial charge in [0.25, 0.3) is 5.56 Å². The van der Waals surface area contributed by atoms with Crippen molar-refractivity contribution in [1.82, 2.24) is 24.0 Å². The first-order valence-corrected chi connectivity index (χ1v) is 12.8. The number of aryl methyl sites for hydroxylation is 1. The van der Waals surface area contributed by atoms with Gasteiger partial charge in [-0.2, -0.15) is 0 Å². The first-order valence-electron chi connectivity index (χ1n) is 11.0. The number of nitrogens with zero attached hydrogens (tertiary/aromatic N) is 4. The van der Waals surface area contributed by atoms with Gasteiger partial charge in [-0.15, -0.1) is 0 Å². The predicted octanol–water partition coefficient (Wildman–Crippen LogP) is 1.35. The number of H-pyrrole nitrogens is 1. The molecule has 0 amide bonds. The fraction of sp³-hybridized carbons (Fsp3) is 0.500. The minimum absolute atomic E-state index is 0.0794. The van der Waals surface area contributed by atoms with E-state index >= 15 is 0 Å². The maximum absolute atomic E-state index is 12.8. The largest absolute Gasteiger partial charge is 0.330 e. The maximum Gasteiger partial charge on any atom is 0.330 e. The van der Waals surface area contributed by atoms with E-state index in [9.17, 15) is 18.0 Å². The summed E-state index contributed by atoms with van der Waals surface area (Å²) < 4.78 is 27.2. The zero-order valence-corrected chi connectivity index (χ0v) is 19.3. The van der Waals surface area contributed by atoms with E-state index in [2.05, 4.69) is 11.9 Å². The van der Waals surface area contributed by atoms with Crippen LogP contribution in [-0.2, 0) is 29.5 Å². The fourth-order valence-corrected chi connectivity index (χ4v) is 6.09. The standard InChI is InChI=1S/C22H29N5O4S/c1-3-4-11-26-18(14-25(2)17-10-12-32(30,31)15-17)23-20-19(26)21(28)24-22(29)27(20)13-16-8-6-5-7-9-16/h5-9,17H,3-4,10-15H2,1-2H3,(H,24,28,29)/t17-/m0/s1. The Morgan fingerprint density at radius 3 is 2.59 bits per heavy atom. The number of benzene rings is 1. The molecule has 0 saturated carbocycles. The third-order valence-electron chi connectivity index (χ3n) is 6.11. The van der Waals surface area contributed by atoms with E-state index in [1.165, 1.54) is 4.57 Å². The van der Waals surface area contributed by atoms with Gasteiger partial charge in [0, 0.05) is 12.6 Å². The lowest BCUT2D eigenvalue weighted by Crippen LogP contribution is -2.33. The summed E-state index contributed by atoms with van der Waals surface area (Å²) >= 11 is 0. The fourth-order valence-electron chi connectivity index (χ4n) is 4.28. The number of hydrogen-bond donors (Lipinski definition) is 1. The Morgan fingerprint density at radius 1 is 1.19 bits per heavy atom. The molecule has 1 saturated heterocycles. The number of nitrogens with one attached hydrogen (secondary N) is 1. The summed E-state index contributed by atoms with van der Waals surface area (Å²) in [6.45, 7) is 3.38. The summed E-state index contributed by atoms with van der Waals surface area (Å²) in [6, 6.07) is 9.48. The Bertz CT molecular complexity index is 1320. The molecule has 9 nitrogen and oxygen atoms in total. The molecular weight excluding hydrogens is 430 g/mol. The highest BCUT2D eigenvalue weighted by molar-refractivity contribution is 7.91. The van der Waals surface area contributed by atoms with Crippen LogP contribution in [0, 0.1) is 0 Å². The van der Waals surface area contributed by atoms with Gasteiger partial charge in [0.1, 0.15) is 5.82 Å². The van der Waals surface area contributed by atoms with Gasteiger partial charge in [0.15, 0.2) is 21.0 Å². The van der Waals surface area contributed by atoms with Crippen molar-refractivity contribution < 1.29 is 8.42 Å². The summed E-state index contributed by atoms with van der Waals surface area (Å²) in [6.07, 6.45) is 2.39. The van der Waals surface area contributed by atoms with Crippen molar-refractivity contribution in [2.45, 2.75) is 51.9 Å². The molecule has 1 fully saturated rings. The molecule has 1 N–H and O–H groups in total. The maximum atomic E-state index is 12.8. The molecule has 2 aromatic heterocycles. The molecule has 1 atom stereocenters. The van der Waals surface area contributed by atoms with Crippen LogP contribution < -0.4 is 11.2 Å². The van der Waals surface area contributed by atoms with Crippen LogP contribution in [-0.4, -0.2) is 57.0 Å². The highest BCUT2D eigenvalue weighted by atomic mass is 32.2. The van der Waals surface area contributed by atoms with Gasteiger partial charge in [-0.3, -0.25) is 19.2 Å². The molecule has 0 unspecified atom stereocenters. The molecule has 1 aliphatic heterocycles. The number of rotatable bonds is 8. The zero-order valence-electron chi connectivity index (χ0n) is 18.5. The van der Waals surface area contributed by atoms with E-state index < -0.39 is 21.1 Å². The van der Waals surface area contributed by atoms with Gasteiger partial charge < -0.3 is 4.57 Å². The van der Waals surface area contributed by atoms with E-state index in [0.717, 1.165) is 18.4 Å². The van der Waals surface area contributed by atoms with E-state index in [-0.39, 0.29) is 17.5 Å². The summed E-state index contributed by atoms with van der Waals surface area (Å²) in [5.41, 5.74) is 0.738. The average molecular weight is 460 g/mol. The SMILES string of the molecule is CCCCn1c(CN(C)[C@H]2CCS(=O)(=O)C2)nc2c1c(=O)[nH]c(=O)n2Cc1ccccc1. The zero-order chi connectivity index (χ0) is 22.9. The van der Waals surface area contributed by atoms with Crippen molar-refractivity contribution in [3.05, 3.63) is 62.6 Å². The smallest absolute Gasteiger partial charge is 0.321 e. The minimum atomic E-state index is -3.00. The van der Waals surface area contributed by atoms with E-state index in [0.29, 0.717) is 43.0 Å². The minimum Gasteiger partial charge on any atom is -0.321 e. The van der Waals surface area contributed by atoms with Gasteiger partial charge >= 0.3 is 5.69 Å². The first-order chi connectivity index (χ1) is 15.3. The second-order valence-corrected chi connectivity index (χ2v) is 10.7. The molecule has 1 aromatic carbocycles. The van der Waals surface area contributed by atoms with Gasteiger partial charge in [-0.25, -0.2) is 18.2 Å². The van der Waals surface area contributed by atoms with Gasteiger partial charge in [-0.05, 0) is 25.5 Å². The van der Waals surface area contributed by atoms with Crippen LogP contribution in [0.15, 0.2) is 39.9 Å². The molecule has 0 spiro atoms. The van der Waals surface area contributed by atoms with Crippen LogP contribution >= 0.6 is 0 Å². The Labute approximate surface area is 186 Å². The Balaban J connectivity index is 1.78. The highest BCUT2D eigenvalue weighted by Gasteiger charge is 2.31. The van der Waals surface area contributed by atoms with Gasteiger partial charge in [-0.1, -0.05) is 43.7 Å². The molecular formula is C22H29N5O4S. The number of sulfone groups is 1. The average Bonchev–Trinajstić information content (AvgIpc) is 3.30. The van der Waals surface area contributed by atoms with Crippen molar-refractivity contribution >= 4 is 21.0 Å². The van der Waals surface area contributed by atoms with E-state index in [4.69, 9.17) is 4.98 Å². The predicted molar refractivity (Wildman–Crippen MR) is 124 cm³/mol. The number of imidazole rings is 1. The molecule has 0 radical (unpaired) electrons. The molecule has 1 aliphatic rings. The van der Waals surface area contributed by atoms with Crippen molar-refractivity contribution in [2.24, 2.45) is 0 Å².